The van der Waals surface area contributed by atoms with Gasteiger partial charge in [0.05, 0.1) is 17.5 Å². The van der Waals surface area contributed by atoms with Crippen molar-refractivity contribution in [3.8, 4) is 23.0 Å². The summed E-state index contributed by atoms with van der Waals surface area (Å²) < 4.78 is 1.61. The summed E-state index contributed by atoms with van der Waals surface area (Å²) in [7, 11) is 0. The number of hydrogen-bond donors (Lipinski definition) is 2. The normalized spacial score (nSPS) is 13.3. The Bertz CT molecular complexity index is 825. The lowest BCUT2D eigenvalue weighted by Crippen LogP contribution is -2.16. The average Bonchev–Trinajstić information content (AvgIpc) is 3.07. The van der Waals surface area contributed by atoms with Crippen molar-refractivity contribution in [1.82, 2.24) is 14.8 Å². The predicted octanol–water partition coefficient (Wildman–Crippen LogP) is 1.85. The van der Waals surface area contributed by atoms with Crippen LogP contribution in [0.2, 0.25) is 0 Å². The Hall–Kier alpha value is -3.01. The Kier molecular flexibility index (Phi) is 4.15. The Morgan fingerprint density at radius 2 is 1.74 bits per heavy atom. The van der Waals surface area contributed by atoms with E-state index >= 15 is 0 Å². The van der Waals surface area contributed by atoms with Gasteiger partial charge >= 0.3 is 0 Å². The summed E-state index contributed by atoms with van der Waals surface area (Å²) in [6.07, 6.45) is 1.99. The molecule has 0 radical (unpaired) electrons. The predicted molar refractivity (Wildman–Crippen MR) is 83.4 cm³/mol. The van der Waals surface area contributed by atoms with E-state index in [0.29, 0.717) is 11.3 Å². The van der Waals surface area contributed by atoms with Crippen molar-refractivity contribution in [2.45, 2.75) is 12.2 Å². The summed E-state index contributed by atoms with van der Waals surface area (Å²) in [5.74, 6) is 0. The minimum atomic E-state index is -1.52. The number of benzene rings is 1. The maximum atomic E-state index is 10.2. The molecule has 0 aliphatic heterocycles. The van der Waals surface area contributed by atoms with Crippen LogP contribution in [0, 0.1) is 11.3 Å². The van der Waals surface area contributed by atoms with Gasteiger partial charge in [0.25, 0.3) is 0 Å². The average molecular weight is 306 g/mol. The molecule has 2 heterocycles. The molecule has 0 aliphatic carbocycles. The second-order valence-corrected chi connectivity index (χ2v) is 4.97. The minimum absolute atomic E-state index is 0.383. The minimum Gasteiger partial charge on any atom is -0.384 e. The van der Waals surface area contributed by atoms with Crippen LogP contribution in [0.25, 0.3) is 16.9 Å². The summed E-state index contributed by atoms with van der Waals surface area (Å²) in [6.45, 7) is 0. The van der Waals surface area contributed by atoms with Crippen molar-refractivity contribution >= 4 is 0 Å². The highest BCUT2D eigenvalue weighted by atomic mass is 16.3. The highest BCUT2D eigenvalue weighted by Gasteiger charge is 2.24. The Morgan fingerprint density at radius 3 is 2.39 bits per heavy atom. The quantitative estimate of drug-likeness (QED) is 0.717. The fourth-order valence-electron chi connectivity index (χ4n) is 2.29. The van der Waals surface area contributed by atoms with E-state index in [-0.39, 0.29) is 0 Å². The summed E-state index contributed by atoms with van der Waals surface area (Å²) >= 11 is 0. The topological polar surface area (TPSA) is 95.0 Å². The number of aromatic nitrogens is 3. The van der Waals surface area contributed by atoms with E-state index in [1.165, 1.54) is 0 Å². The maximum absolute atomic E-state index is 10.2. The molecule has 0 saturated heterocycles. The molecule has 2 N–H and O–H groups in total. The van der Waals surface area contributed by atoms with Crippen molar-refractivity contribution < 1.29 is 10.2 Å². The largest absolute Gasteiger partial charge is 0.384 e. The van der Waals surface area contributed by atoms with Gasteiger partial charge in [-0.25, -0.2) is 4.68 Å². The van der Waals surface area contributed by atoms with Crippen LogP contribution in [-0.2, 0) is 0 Å². The van der Waals surface area contributed by atoms with Gasteiger partial charge in [-0.15, -0.1) is 0 Å². The molecular formula is C17H14N4O2. The molecule has 2 atom stereocenters. The van der Waals surface area contributed by atoms with E-state index < -0.39 is 12.2 Å². The van der Waals surface area contributed by atoms with Crippen LogP contribution in [0.4, 0.5) is 0 Å². The van der Waals surface area contributed by atoms with Crippen molar-refractivity contribution in [2.75, 3.05) is 0 Å². The van der Waals surface area contributed by atoms with Gasteiger partial charge in [-0.1, -0.05) is 18.2 Å². The van der Waals surface area contributed by atoms with Crippen LogP contribution in [0.15, 0.2) is 61.1 Å². The first-order valence-corrected chi connectivity index (χ1v) is 7.02. The lowest BCUT2D eigenvalue weighted by Gasteiger charge is -2.11. The van der Waals surface area contributed by atoms with Crippen LogP contribution >= 0.6 is 0 Å². The van der Waals surface area contributed by atoms with E-state index in [2.05, 4.69) is 10.1 Å². The van der Waals surface area contributed by atoms with Gasteiger partial charge in [-0.05, 0) is 24.3 Å². The molecule has 0 bridgehead atoms. The lowest BCUT2D eigenvalue weighted by atomic mass is 10.0. The third kappa shape index (κ3) is 2.97. The Labute approximate surface area is 132 Å². The number of rotatable bonds is 4. The van der Waals surface area contributed by atoms with Crippen molar-refractivity contribution in [3.05, 3.63) is 66.6 Å². The molecule has 6 heteroatoms. The number of hydrogen-bond acceptors (Lipinski definition) is 5. The third-order valence-electron chi connectivity index (χ3n) is 3.47. The Morgan fingerprint density at radius 1 is 1.04 bits per heavy atom. The summed E-state index contributed by atoms with van der Waals surface area (Å²) in [5, 5.41) is 33.3. The first kappa shape index (κ1) is 14.9. The van der Waals surface area contributed by atoms with Crippen molar-refractivity contribution in [2.24, 2.45) is 0 Å². The van der Waals surface area contributed by atoms with Gasteiger partial charge in [0.15, 0.2) is 6.10 Å². The molecule has 23 heavy (non-hydrogen) atoms. The molecule has 3 aromatic rings. The second-order valence-electron chi connectivity index (χ2n) is 4.97. The molecule has 2 unspecified atom stereocenters. The standard InChI is InChI=1S/C17H14N4O2/c18-10-15(22)17(23)14-11-21(13-4-2-1-3-5-13)20-16(14)12-6-8-19-9-7-12/h1-9,11,15,17,22-23H. The number of aliphatic hydroxyl groups excluding tert-OH is 2. The van der Waals surface area contributed by atoms with E-state index in [4.69, 9.17) is 5.26 Å². The molecule has 0 fully saturated rings. The zero-order chi connectivity index (χ0) is 16.2. The number of nitrogens with zero attached hydrogens (tertiary/aromatic N) is 4. The van der Waals surface area contributed by atoms with Crippen LogP contribution < -0.4 is 0 Å². The van der Waals surface area contributed by atoms with Gasteiger partial charge in [0, 0.05) is 29.7 Å². The molecule has 0 saturated carbocycles. The van der Waals surface area contributed by atoms with E-state index in [1.54, 1.807) is 41.5 Å². The van der Waals surface area contributed by atoms with Crippen molar-refractivity contribution in [3.63, 3.8) is 0 Å². The smallest absolute Gasteiger partial charge is 0.170 e. The highest BCUT2D eigenvalue weighted by Crippen LogP contribution is 2.29. The second kappa shape index (κ2) is 6.40. The van der Waals surface area contributed by atoms with Gasteiger partial charge in [0.2, 0.25) is 0 Å². The summed E-state index contributed by atoms with van der Waals surface area (Å²) in [5.41, 5.74) is 2.44. The first-order valence-electron chi connectivity index (χ1n) is 7.02. The van der Waals surface area contributed by atoms with Crippen LogP contribution in [0.3, 0.4) is 0 Å². The van der Waals surface area contributed by atoms with Crippen LogP contribution in [0.1, 0.15) is 11.7 Å². The lowest BCUT2D eigenvalue weighted by molar-refractivity contribution is 0.0531. The molecule has 2 aromatic heterocycles. The summed E-state index contributed by atoms with van der Waals surface area (Å²) in [6, 6.07) is 14.6. The van der Waals surface area contributed by atoms with Crippen LogP contribution in [-0.4, -0.2) is 31.1 Å². The molecule has 114 valence electrons. The zero-order valence-electron chi connectivity index (χ0n) is 12.1. The maximum Gasteiger partial charge on any atom is 0.170 e. The van der Waals surface area contributed by atoms with Gasteiger partial charge in [-0.3, -0.25) is 4.98 Å². The Balaban J connectivity index is 2.13. The molecule has 3 rings (SSSR count). The fourth-order valence-corrected chi connectivity index (χ4v) is 2.29. The third-order valence-corrected chi connectivity index (χ3v) is 3.47. The highest BCUT2D eigenvalue weighted by molar-refractivity contribution is 5.63. The molecule has 1 aromatic carbocycles. The van der Waals surface area contributed by atoms with Gasteiger partial charge in [0.1, 0.15) is 6.10 Å². The van der Waals surface area contributed by atoms with Crippen LogP contribution in [0.5, 0.6) is 0 Å². The number of aliphatic hydroxyl groups is 2. The van der Waals surface area contributed by atoms with E-state index in [9.17, 15) is 10.2 Å². The number of nitriles is 1. The molecule has 0 aliphatic rings. The van der Waals surface area contributed by atoms with Gasteiger partial charge in [-0.2, -0.15) is 10.4 Å². The molecule has 0 amide bonds. The molecule has 6 nitrogen and oxygen atoms in total. The van der Waals surface area contributed by atoms with E-state index in [0.717, 1.165) is 11.3 Å². The monoisotopic (exact) mass is 306 g/mol. The SMILES string of the molecule is N#CC(O)C(O)c1cn(-c2ccccc2)nc1-c1ccncc1. The van der Waals surface area contributed by atoms with Gasteiger partial charge < -0.3 is 10.2 Å². The first-order chi connectivity index (χ1) is 11.2. The molecule has 0 spiro atoms. The van der Waals surface area contributed by atoms with E-state index in [1.807, 2.05) is 30.3 Å². The zero-order valence-corrected chi connectivity index (χ0v) is 12.1. The number of para-hydroxylation sites is 1. The van der Waals surface area contributed by atoms with Crippen molar-refractivity contribution in [1.29, 1.82) is 5.26 Å². The molecular weight excluding hydrogens is 292 g/mol. The number of pyridine rings is 1. The fraction of sp³-hybridized carbons (Fsp3) is 0.118. The summed E-state index contributed by atoms with van der Waals surface area (Å²) in [4.78, 5) is 3.96.